The van der Waals surface area contributed by atoms with E-state index in [1.165, 1.54) is 6.07 Å². The van der Waals surface area contributed by atoms with Crippen LogP contribution in [0.2, 0.25) is 5.02 Å². The van der Waals surface area contributed by atoms with Gasteiger partial charge in [0.2, 0.25) is 5.88 Å². The minimum absolute atomic E-state index is 0.0942. The number of nitrogens with one attached hydrogen (secondary N) is 3. The van der Waals surface area contributed by atoms with Gasteiger partial charge in [-0.05, 0) is 24.3 Å². The Morgan fingerprint density at radius 3 is 2.72 bits per heavy atom. The van der Waals surface area contributed by atoms with Gasteiger partial charge in [-0.25, -0.2) is 9.78 Å². The van der Waals surface area contributed by atoms with Gasteiger partial charge in [-0.2, -0.15) is 13.2 Å². The number of halogens is 4. The van der Waals surface area contributed by atoms with E-state index in [0.29, 0.717) is 23.6 Å². The van der Waals surface area contributed by atoms with E-state index in [4.69, 9.17) is 16.3 Å². The third-order valence-corrected chi connectivity index (χ3v) is 4.91. The van der Waals surface area contributed by atoms with Crippen LogP contribution in [0.25, 0.3) is 10.9 Å². The van der Waals surface area contributed by atoms with Crippen LogP contribution in [0.4, 0.5) is 23.7 Å². The highest BCUT2D eigenvalue weighted by Crippen LogP contribution is 2.31. The van der Waals surface area contributed by atoms with E-state index in [9.17, 15) is 18.0 Å². The molecule has 1 aromatic carbocycles. The van der Waals surface area contributed by atoms with E-state index in [1.807, 2.05) is 6.07 Å². The number of nitrogens with zero attached hydrogens (tertiary/aromatic N) is 1. The number of alkyl halides is 3. The number of urea groups is 1. The van der Waals surface area contributed by atoms with Crippen LogP contribution in [0.15, 0.2) is 42.7 Å². The highest BCUT2D eigenvalue weighted by molar-refractivity contribution is 6.31. The molecule has 0 aliphatic heterocycles. The molecule has 6 nitrogen and oxygen atoms in total. The van der Waals surface area contributed by atoms with Gasteiger partial charge in [0.1, 0.15) is 6.10 Å². The largest absolute Gasteiger partial charge is 0.474 e. The van der Waals surface area contributed by atoms with Crippen LogP contribution in [0.5, 0.6) is 5.88 Å². The second kappa shape index (κ2) is 7.47. The van der Waals surface area contributed by atoms with Gasteiger partial charge in [-0.1, -0.05) is 11.6 Å². The maximum Gasteiger partial charge on any atom is 0.417 e. The normalized spacial score (nSPS) is 18.9. The summed E-state index contributed by atoms with van der Waals surface area (Å²) in [6, 6.07) is 7.00. The van der Waals surface area contributed by atoms with Gasteiger partial charge < -0.3 is 20.4 Å². The summed E-state index contributed by atoms with van der Waals surface area (Å²) in [6.07, 6.45) is -1.14. The molecule has 2 amide bonds. The molecule has 0 saturated heterocycles. The molecule has 0 spiro atoms. The van der Waals surface area contributed by atoms with Crippen molar-refractivity contribution in [3.8, 4) is 5.88 Å². The number of pyridine rings is 1. The quantitative estimate of drug-likeness (QED) is 0.553. The molecule has 1 aliphatic carbocycles. The van der Waals surface area contributed by atoms with Crippen molar-refractivity contribution in [1.29, 1.82) is 0 Å². The average Bonchev–Trinajstić information content (AvgIpc) is 3.01. The number of hydrogen-bond donors (Lipinski definition) is 3. The first-order valence-corrected chi connectivity index (χ1v) is 9.20. The third-order valence-electron chi connectivity index (χ3n) is 4.67. The van der Waals surface area contributed by atoms with Crippen molar-refractivity contribution in [2.75, 3.05) is 5.32 Å². The van der Waals surface area contributed by atoms with E-state index >= 15 is 0 Å². The Kier molecular flexibility index (Phi) is 4.99. The molecule has 0 atom stereocenters. The first kappa shape index (κ1) is 19.4. The summed E-state index contributed by atoms with van der Waals surface area (Å²) in [5, 5.41) is 6.98. The molecule has 152 valence electrons. The Labute approximate surface area is 168 Å². The van der Waals surface area contributed by atoms with E-state index < -0.39 is 11.7 Å². The lowest BCUT2D eigenvalue weighted by atomic mass is 9.89. The Balaban J connectivity index is 1.26. The van der Waals surface area contributed by atoms with E-state index in [1.54, 1.807) is 18.3 Å². The number of carbonyl (C=O) groups is 1. The summed E-state index contributed by atoms with van der Waals surface area (Å²) in [4.78, 5) is 18.9. The molecule has 1 fully saturated rings. The van der Waals surface area contributed by atoms with Crippen molar-refractivity contribution in [2.45, 2.75) is 31.2 Å². The molecule has 1 saturated carbocycles. The molecule has 0 unspecified atom stereocenters. The van der Waals surface area contributed by atoms with Crippen LogP contribution in [0.1, 0.15) is 18.4 Å². The summed E-state index contributed by atoms with van der Waals surface area (Å²) in [5.74, 6) is 0.126. The smallest absolute Gasteiger partial charge is 0.417 e. The Hall–Kier alpha value is -2.94. The summed E-state index contributed by atoms with van der Waals surface area (Å²) in [6.45, 7) is 0. The van der Waals surface area contributed by atoms with Gasteiger partial charge in [0.05, 0.1) is 11.3 Å². The first-order chi connectivity index (χ1) is 13.8. The fourth-order valence-electron chi connectivity index (χ4n) is 3.11. The Morgan fingerprint density at radius 2 is 2.03 bits per heavy atom. The van der Waals surface area contributed by atoms with Gasteiger partial charge in [0.25, 0.3) is 0 Å². The average molecular weight is 425 g/mol. The number of H-pyrrole nitrogens is 1. The zero-order chi connectivity index (χ0) is 20.6. The topological polar surface area (TPSA) is 79.0 Å². The lowest BCUT2D eigenvalue weighted by Gasteiger charge is -2.35. The number of amides is 2. The molecule has 2 aromatic heterocycles. The first-order valence-electron chi connectivity index (χ1n) is 8.82. The summed E-state index contributed by atoms with van der Waals surface area (Å²) in [5.41, 5.74) is 0.639. The van der Waals surface area contributed by atoms with Crippen molar-refractivity contribution < 1.29 is 22.7 Å². The molecule has 4 rings (SSSR count). The minimum Gasteiger partial charge on any atom is -0.474 e. The molecule has 3 N–H and O–H groups in total. The third kappa shape index (κ3) is 4.40. The number of aromatic amines is 1. The van der Waals surface area contributed by atoms with Gasteiger partial charge in [-0.3, -0.25) is 0 Å². The van der Waals surface area contributed by atoms with Gasteiger partial charge in [-0.15, -0.1) is 0 Å². The van der Waals surface area contributed by atoms with E-state index in [2.05, 4.69) is 20.6 Å². The Bertz CT molecular complexity index is 1030. The van der Waals surface area contributed by atoms with Crippen LogP contribution >= 0.6 is 11.6 Å². The van der Waals surface area contributed by atoms with Crippen molar-refractivity contribution >= 4 is 34.2 Å². The van der Waals surface area contributed by atoms with Crippen LogP contribution in [-0.2, 0) is 6.18 Å². The van der Waals surface area contributed by atoms with E-state index in [0.717, 1.165) is 23.2 Å². The number of fused-ring (bicyclic) bond motifs is 1. The summed E-state index contributed by atoms with van der Waals surface area (Å²) >= 11 is 6.00. The predicted molar refractivity (Wildman–Crippen MR) is 102 cm³/mol. The van der Waals surface area contributed by atoms with E-state index in [-0.39, 0.29) is 24.1 Å². The molecule has 1 aliphatic rings. The second-order valence-corrected chi connectivity index (χ2v) is 7.22. The summed E-state index contributed by atoms with van der Waals surface area (Å²) in [7, 11) is 0. The fraction of sp³-hybridized carbons (Fsp3) is 0.263. The molecule has 10 heteroatoms. The molecule has 2 heterocycles. The highest BCUT2D eigenvalue weighted by atomic mass is 35.5. The standard InChI is InChI=1S/C19H16ClF3N4O2/c20-11-2-3-15-14(5-11)16(9-24-15)27-18(28)26-12-6-13(7-12)29-17-4-1-10(8-25-17)19(21,22)23/h1-5,8-9,12-13,24H,6-7H2,(H2,26,27,28). The van der Waals surface area contributed by atoms with Crippen molar-refractivity contribution in [3.63, 3.8) is 0 Å². The zero-order valence-corrected chi connectivity index (χ0v) is 15.6. The fourth-order valence-corrected chi connectivity index (χ4v) is 3.28. The van der Waals surface area contributed by atoms with Gasteiger partial charge in [0.15, 0.2) is 0 Å². The molecule has 0 bridgehead atoms. The Morgan fingerprint density at radius 1 is 1.24 bits per heavy atom. The number of aromatic nitrogens is 2. The SMILES string of the molecule is O=C(Nc1c[nH]c2ccc(Cl)cc12)NC1CC(Oc2ccc(C(F)(F)F)cn2)C1. The van der Waals surface area contributed by atoms with Crippen molar-refractivity contribution in [1.82, 2.24) is 15.3 Å². The minimum atomic E-state index is -4.43. The number of carbonyl (C=O) groups excluding carboxylic acids is 1. The van der Waals surface area contributed by atoms with Crippen LogP contribution < -0.4 is 15.4 Å². The number of rotatable bonds is 4. The van der Waals surface area contributed by atoms with Gasteiger partial charge >= 0.3 is 12.2 Å². The van der Waals surface area contributed by atoms with Crippen LogP contribution in [-0.4, -0.2) is 28.1 Å². The van der Waals surface area contributed by atoms with Gasteiger partial charge in [0, 0.05) is 53.3 Å². The zero-order valence-electron chi connectivity index (χ0n) is 14.9. The molecule has 29 heavy (non-hydrogen) atoms. The van der Waals surface area contributed by atoms with Crippen molar-refractivity contribution in [3.05, 3.63) is 53.3 Å². The predicted octanol–water partition coefficient (Wildman–Crippen LogP) is 4.97. The lowest BCUT2D eigenvalue weighted by molar-refractivity contribution is -0.137. The number of ether oxygens (including phenoxy) is 1. The maximum atomic E-state index is 12.5. The lowest BCUT2D eigenvalue weighted by Crippen LogP contribution is -2.50. The second-order valence-electron chi connectivity index (χ2n) is 6.78. The molecular weight excluding hydrogens is 409 g/mol. The van der Waals surface area contributed by atoms with Crippen LogP contribution in [0.3, 0.4) is 0 Å². The molecular formula is C19H16ClF3N4O2. The monoisotopic (exact) mass is 424 g/mol. The van der Waals surface area contributed by atoms with Crippen LogP contribution in [0, 0.1) is 0 Å². The highest BCUT2D eigenvalue weighted by Gasteiger charge is 2.33. The molecule has 0 radical (unpaired) electrons. The maximum absolute atomic E-state index is 12.5. The number of anilines is 1. The number of benzene rings is 1. The molecule has 3 aromatic rings. The number of hydrogen-bond acceptors (Lipinski definition) is 3. The summed E-state index contributed by atoms with van der Waals surface area (Å²) < 4.78 is 43.2. The van der Waals surface area contributed by atoms with Crippen molar-refractivity contribution in [2.24, 2.45) is 0 Å².